The van der Waals surface area contributed by atoms with E-state index in [2.05, 4.69) is 15.0 Å². The minimum Gasteiger partial charge on any atom is -0.385 e. The monoisotopic (exact) mass is 379 g/mol. The zero-order valence-electron chi connectivity index (χ0n) is 15.3. The van der Waals surface area contributed by atoms with Gasteiger partial charge in [-0.05, 0) is 19.4 Å². The fourth-order valence-electron chi connectivity index (χ4n) is 3.95. The number of pyridine rings is 1. The lowest BCUT2D eigenvalue weighted by Gasteiger charge is -2.39. The van der Waals surface area contributed by atoms with E-state index in [9.17, 15) is 5.11 Å². The number of nitrogens with one attached hydrogen (secondary N) is 1. The zero-order chi connectivity index (χ0) is 19.2. The lowest BCUT2D eigenvalue weighted by molar-refractivity contribution is -0.106. The molecule has 0 saturated carbocycles. The van der Waals surface area contributed by atoms with Gasteiger partial charge in [-0.2, -0.15) is 0 Å². The maximum atomic E-state index is 15.2. The molecule has 2 atom stereocenters. The molecule has 2 N–H and O–H groups in total. The standard InChI is InChI=1S/C18H23F2N5O2/c1-11(26)17-23-13-9-22-16-12(3-5-21-16)15(13)25(17)14-4-6-24(7-8-27-2)10-18(14,19)20/h3,5,9,11,14,26H,4,6-8,10H2,1-2H3,(H,21,22)/t11-,14-/m1/s1. The molecule has 7 nitrogen and oxygen atoms in total. The van der Waals surface area contributed by atoms with E-state index >= 15 is 8.78 Å². The van der Waals surface area contributed by atoms with Gasteiger partial charge in [0.2, 0.25) is 0 Å². The van der Waals surface area contributed by atoms with E-state index in [-0.39, 0.29) is 18.8 Å². The second-order valence-electron chi connectivity index (χ2n) is 7.08. The largest absolute Gasteiger partial charge is 0.385 e. The number of methoxy groups -OCH3 is 1. The second-order valence-corrected chi connectivity index (χ2v) is 7.08. The van der Waals surface area contributed by atoms with E-state index < -0.39 is 18.1 Å². The molecule has 1 aliphatic rings. The predicted octanol–water partition coefficient (Wildman–Crippen LogP) is 2.49. The molecule has 0 spiro atoms. The molecule has 1 aliphatic heterocycles. The number of H-pyrrole nitrogens is 1. The fraction of sp³-hybridized carbons (Fsp3) is 0.556. The second kappa shape index (κ2) is 6.81. The van der Waals surface area contributed by atoms with Crippen molar-refractivity contribution in [3.05, 3.63) is 24.3 Å². The van der Waals surface area contributed by atoms with Gasteiger partial charge in [0.1, 0.15) is 29.1 Å². The van der Waals surface area contributed by atoms with Gasteiger partial charge in [0.15, 0.2) is 0 Å². The van der Waals surface area contributed by atoms with E-state index in [4.69, 9.17) is 4.74 Å². The number of nitrogens with zero attached hydrogens (tertiary/aromatic N) is 4. The van der Waals surface area contributed by atoms with Crippen LogP contribution in [0.15, 0.2) is 18.5 Å². The van der Waals surface area contributed by atoms with Crippen LogP contribution in [0.3, 0.4) is 0 Å². The Morgan fingerprint density at radius 1 is 1.48 bits per heavy atom. The Bertz CT molecular complexity index is 952. The number of likely N-dealkylation sites (tertiary alicyclic amines) is 1. The summed E-state index contributed by atoms with van der Waals surface area (Å²) in [6.07, 6.45) is 2.58. The number of imidazole rings is 1. The number of aliphatic hydroxyl groups excluding tert-OH is 1. The summed E-state index contributed by atoms with van der Waals surface area (Å²) in [5, 5.41) is 10.9. The number of halogens is 2. The summed E-state index contributed by atoms with van der Waals surface area (Å²) in [7, 11) is 1.56. The van der Waals surface area contributed by atoms with Crippen LogP contribution in [0.25, 0.3) is 22.1 Å². The maximum absolute atomic E-state index is 15.2. The highest BCUT2D eigenvalue weighted by atomic mass is 19.3. The molecule has 27 heavy (non-hydrogen) atoms. The first-order valence-electron chi connectivity index (χ1n) is 9.03. The molecule has 3 aromatic heterocycles. The number of ether oxygens (including phenoxy) is 1. The average Bonchev–Trinajstić information content (AvgIpc) is 3.22. The van der Waals surface area contributed by atoms with Crippen LogP contribution in [0.2, 0.25) is 0 Å². The van der Waals surface area contributed by atoms with Crippen LogP contribution in [0.4, 0.5) is 8.78 Å². The van der Waals surface area contributed by atoms with Crippen LogP contribution in [0.1, 0.15) is 31.3 Å². The lowest BCUT2D eigenvalue weighted by Crippen LogP contribution is -2.50. The van der Waals surface area contributed by atoms with Crippen molar-refractivity contribution in [1.82, 2.24) is 24.4 Å². The highest BCUT2D eigenvalue weighted by Crippen LogP contribution is 2.41. The van der Waals surface area contributed by atoms with Gasteiger partial charge >= 0.3 is 0 Å². The Morgan fingerprint density at radius 2 is 2.30 bits per heavy atom. The smallest absolute Gasteiger partial charge is 0.280 e. The van der Waals surface area contributed by atoms with Crippen LogP contribution in [-0.2, 0) is 4.74 Å². The van der Waals surface area contributed by atoms with Crippen LogP contribution >= 0.6 is 0 Å². The molecule has 9 heteroatoms. The molecule has 0 amide bonds. The quantitative estimate of drug-likeness (QED) is 0.712. The Balaban J connectivity index is 1.82. The predicted molar refractivity (Wildman–Crippen MR) is 96.9 cm³/mol. The van der Waals surface area contributed by atoms with Gasteiger partial charge in [0.25, 0.3) is 5.92 Å². The number of aromatic amines is 1. The summed E-state index contributed by atoms with van der Waals surface area (Å²) >= 11 is 0. The van der Waals surface area contributed by atoms with Crippen LogP contribution < -0.4 is 0 Å². The molecule has 4 heterocycles. The number of hydrogen-bond acceptors (Lipinski definition) is 5. The summed E-state index contributed by atoms with van der Waals surface area (Å²) in [4.78, 5) is 13.4. The first-order valence-corrected chi connectivity index (χ1v) is 9.03. The summed E-state index contributed by atoms with van der Waals surface area (Å²) < 4.78 is 36.9. The first-order chi connectivity index (χ1) is 12.9. The van der Waals surface area contributed by atoms with Crippen LogP contribution in [0.5, 0.6) is 0 Å². The van der Waals surface area contributed by atoms with E-state index in [1.54, 1.807) is 37.4 Å². The van der Waals surface area contributed by atoms with Gasteiger partial charge in [-0.15, -0.1) is 0 Å². The summed E-state index contributed by atoms with van der Waals surface area (Å²) in [6, 6.07) is 0.729. The third-order valence-corrected chi connectivity index (χ3v) is 5.20. The van der Waals surface area contributed by atoms with Gasteiger partial charge in [-0.25, -0.2) is 18.7 Å². The number of aliphatic hydroxyl groups is 1. The molecule has 0 bridgehead atoms. The number of fused-ring (bicyclic) bond motifs is 3. The normalized spacial score (nSPS) is 21.9. The van der Waals surface area contributed by atoms with Gasteiger partial charge in [-0.3, -0.25) is 4.90 Å². The summed E-state index contributed by atoms with van der Waals surface area (Å²) in [6.45, 7) is 2.62. The van der Waals surface area contributed by atoms with Crippen molar-refractivity contribution in [2.45, 2.75) is 31.4 Å². The van der Waals surface area contributed by atoms with Crippen molar-refractivity contribution in [3.63, 3.8) is 0 Å². The molecule has 1 fully saturated rings. The van der Waals surface area contributed by atoms with Crippen LogP contribution in [0, 0.1) is 0 Å². The third-order valence-electron chi connectivity index (χ3n) is 5.20. The Kier molecular flexibility index (Phi) is 4.61. The summed E-state index contributed by atoms with van der Waals surface area (Å²) in [5.74, 6) is -2.72. The van der Waals surface area contributed by atoms with E-state index in [0.29, 0.717) is 36.4 Å². The van der Waals surface area contributed by atoms with Crippen molar-refractivity contribution in [1.29, 1.82) is 0 Å². The molecule has 3 aromatic rings. The van der Waals surface area contributed by atoms with Gasteiger partial charge < -0.3 is 19.4 Å². The first kappa shape index (κ1) is 18.3. The van der Waals surface area contributed by atoms with Gasteiger partial charge in [0, 0.05) is 31.8 Å². The molecule has 0 aromatic carbocycles. The van der Waals surface area contributed by atoms with E-state index in [0.717, 1.165) is 5.39 Å². The zero-order valence-corrected chi connectivity index (χ0v) is 15.3. The summed E-state index contributed by atoms with van der Waals surface area (Å²) in [5.41, 5.74) is 1.71. The molecule has 0 aliphatic carbocycles. The third kappa shape index (κ3) is 3.09. The molecule has 4 rings (SSSR count). The minimum atomic E-state index is -2.96. The van der Waals surface area contributed by atoms with Crippen molar-refractivity contribution < 1.29 is 18.6 Å². The Labute approximate surface area is 155 Å². The number of piperidine rings is 1. The van der Waals surface area contributed by atoms with Gasteiger partial charge in [0.05, 0.1) is 24.9 Å². The average molecular weight is 379 g/mol. The highest BCUT2D eigenvalue weighted by molar-refractivity contribution is 6.01. The maximum Gasteiger partial charge on any atom is 0.280 e. The number of hydrogen-bond donors (Lipinski definition) is 2. The van der Waals surface area contributed by atoms with Crippen molar-refractivity contribution in [2.75, 3.05) is 33.4 Å². The molecule has 0 radical (unpaired) electrons. The van der Waals surface area contributed by atoms with E-state index in [1.165, 1.54) is 4.57 Å². The van der Waals surface area contributed by atoms with E-state index in [1.807, 2.05) is 0 Å². The number of alkyl halides is 2. The lowest BCUT2D eigenvalue weighted by atomic mass is 9.99. The Morgan fingerprint density at radius 3 is 3.00 bits per heavy atom. The van der Waals surface area contributed by atoms with Crippen LogP contribution in [-0.4, -0.2) is 68.8 Å². The topological polar surface area (TPSA) is 79.2 Å². The van der Waals surface area contributed by atoms with Gasteiger partial charge in [-0.1, -0.05) is 0 Å². The minimum absolute atomic E-state index is 0.246. The number of aromatic nitrogens is 4. The van der Waals surface area contributed by atoms with Crippen molar-refractivity contribution in [2.24, 2.45) is 0 Å². The Hall–Kier alpha value is -2.10. The molecular formula is C18H23F2N5O2. The molecular weight excluding hydrogens is 356 g/mol. The SMILES string of the molecule is COCCN1CC[C@@H](n2c([C@@H](C)O)nc3cnc4[nH]ccc4c32)C(F)(F)C1. The molecule has 1 saturated heterocycles. The molecule has 146 valence electrons. The van der Waals surface area contributed by atoms with Crippen molar-refractivity contribution in [3.8, 4) is 0 Å². The number of rotatable bonds is 5. The molecule has 0 unspecified atom stereocenters. The van der Waals surface area contributed by atoms with Crippen molar-refractivity contribution >= 4 is 22.1 Å². The fourth-order valence-corrected chi connectivity index (χ4v) is 3.95. The highest BCUT2D eigenvalue weighted by Gasteiger charge is 2.47.